The lowest BCUT2D eigenvalue weighted by Gasteiger charge is -2.18. The Bertz CT molecular complexity index is 1590. The number of aromatic carboxylic acids is 1. The second-order valence-corrected chi connectivity index (χ2v) is 9.25. The highest BCUT2D eigenvalue weighted by molar-refractivity contribution is 7.80. The summed E-state index contributed by atoms with van der Waals surface area (Å²) in [4.78, 5) is 35.5. The van der Waals surface area contributed by atoms with Gasteiger partial charge in [-0.1, -0.05) is 6.07 Å². The molecule has 2 aromatic carbocycles. The van der Waals surface area contributed by atoms with Crippen LogP contribution in [0.4, 0.5) is 5.69 Å². The van der Waals surface area contributed by atoms with Crippen LogP contribution in [0.15, 0.2) is 63.8 Å². The monoisotopic (exact) mass is 550 g/mol. The van der Waals surface area contributed by atoms with Crippen molar-refractivity contribution >= 4 is 45.9 Å². The maximum absolute atomic E-state index is 12.3. The number of rotatable bonds is 10. The average molecular weight is 551 g/mol. The molecule has 0 bridgehead atoms. The number of hydrogen-bond acceptors (Lipinski definition) is 8. The molecule has 1 aliphatic carbocycles. The lowest BCUT2D eigenvalue weighted by atomic mass is 9.90. The molecule has 1 heterocycles. The molecular formula is C27H26N4O7S. The van der Waals surface area contributed by atoms with Gasteiger partial charge < -0.3 is 36.2 Å². The first kappa shape index (κ1) is 27.5. The minimum atomic E-state index is -1.17. The third-order valence-corrected chi connectivity index (χ3v) is 6.40. The van der Waals surface area contributed by atoms with Crippen LogP contribution < -0.4 is 27.3 Å². The summed E-state index contributed by atoms with van der Waals surface area (Å²) < 4.78 is 5.85. The van der Waals surface area contributed by atoms with Gasteiger partial charge in [0.2, 0.25) is 5.91 Å². The molecule has 1 atom stereocenters. The number of anilines is 1. The number of phenols is 1. The number of nitrogens with one attached hydrogen (secondary N) is 3. The highest BCUT2D eigenvalue weighted by atomic mass is 32.1. The summed E-state index contributed by atoms with van der Waals surface area (Å²) in [7, 11) is 0. The van der Waals surface area contributed by atoms with Gasteiger partial charge in [-0.05, 0) is 73.4 Å². The molecule has 1 amide bonds. The molecule has 0 spiro atoms. The predicted octanol–water partition coefficient (Wildman–Crippen LogP) is 3.26. The van der Waals surface area contributed by atoms with E-state index in [4.69, 9.17) is 27.6 Å². The number of nitrogens with two attached hydrogens (primary N) is 1. The Balaban J connectivity index is 1.58. The highest BCUT2D eigenvalue weighted by Gasteiger charge is 2.22. The van der Waals surface area contributed by atoms with Crippen molar-refractivity contribution in [2.24, 2.45) is 5.73 Å². The maximum Gasteiger partial charge on any atom is 0.336 e. The summed E-state index contributed by atoms with van der Waals surface area (Å²) in [6, 6.07) is 12.8. The van der Waals surface area contributed by atoms with Crippen molar-refractivity contribution in [3.05, 3.63) is 70.4 Å². The number of carbonyl (C=O) groups excluding carboxylic acids is 1. The van der Waals surface area contributed by atoms with Crippen molar-refractivity contribution in [1.82, 2.24) is 10.8 Å². The molecular weight excluding hydrogens is 524 g/mol. The highest BCUT2D eigenvalue weighted by Crippen LogP contribution is 2.42. The lowest BCUT2D eigenvalue weighted by molar-refractivity contribution is -0.122. The molecule has 202 valence electrons. The van der Waals surface area contributed by atoms with Crippen LogP contribution in [0.3, 0.4) is 0 Å². The number of carboxylic acids is 1. The largest absolute Gasteiger partial charge is 0.508 e. The van der Waals surface area contributed by atoms with E-state index >= 15 is 0 Å². The normalized spacial score (nSPS) is 11.8. The van der Waals surface area contributed by atoms with Gasteiger partial charge in [-0.25, -0.2) is 4.79 Å². The van der Waals surface area contributed by atoms with E-state index in [-0.39, 0.29) is 27.6 Å². The van der Waals surface area contributed by atoms with Gasteiger partial charge in [0.1, 0.15) is 23.1 Å². The minimum Gasteiger partial charge on any atom is -0.508 e. The van der Waals surface area contributed by atoms with Crippen LogP contribution in [0.25, 0.3) is 33.4 Å². The molecule has 12 heteroatoms. The number of hydroxylamine groups is 1. The lowest BCUT2D eigenvalue weighted by Crippen LogP contribution is -2.39. The van der Waals surface area contributed by atoms with Crippen molar-refractivity contribution in [2.75, 3.05) is 11.9 Å². The summed E-state index contributed by atoms with van der Waals surface area (Å²) in [5.41, 5.74) is 8.99. The van der Waals surface area contributed by atoms with Gasteiger partial charge in [-0.2, -0.15) is 5.48 Å². The van der Waals surface area contributed by atoms with Crippen LogP contribution >= 0.6 is 12.2 Å². The maximum atomic E-state index is 12.3. The SMILES string of the molecule is NC(=O)C(CCCCNC(=S)Nc1ccc(-c2c3ccc(=O)cc-3oc3cc(O)ccc23)c(C(=O)O)c1)NO. The fraction of sp³-hybridized carbons (Fsp3) is 0.185. The van der Waals surface area contributed by atoms with E-state index in [0.29, 0.717) is 59.2 Å². The van der Waals surface area contributed by atoms with Gasteiger partial charge in [0.25, 0.3) is 0 Å². The zero-order chi connectivity index (χ0) is 28.1. The standard InChI is InChI=1S/C27H26N4O7S/c28-25(34)21(31-37)3-1-2-10-29-27(39)30-14-4-7-17(20(11-14)26(35)36)24-18-8-5-15(32)12-22(18)38-23-13-16(33)6-9-19(23)24/h4-9,11-13,21,31-32,37H,1-3,10H2,(H2,28,34)(H,35,36)(H2,29,30,39). The molecule has 4 rings (SSSR count). The molecule has 2 aliphatic rings. The van der Waals surface area contributed by atoms with Crippen molar-refractivity contribution < 1.29 is 29.4 Å². The summed E-state index contributed by atoms with van der Waals surface area (Å²) >= 11 is 5.33. The quantitative estimate of drug-likeness (QED) is 0.0665. The molecule has 1 aliphatic heterocycles. The van der Waals surface area contributed by atoms with E-state index in [1.807, 2.05) is 5.48 Å². The van der Waals surface area contributed by atoms with Gasteiger partial charge in [-0.15, -0.1) is 0 Å². The Hall–Kier alpha value is -4.52. The average Bonchev–Trinajstić information content (AvgIpc) is 2.89. The van der Waals surface area contributed by atoms with Crippen LogP contribution in [0.1, 0.15) is 29.6 Å². The van der Waals surface area contributed by atoms with Crippen molar-refractivity contribution in [3.63, 3.8) is 0 Å². The summed E-state index contributed by atoms with van der Waals surface area (Å²) in [6.45, 7) is 0.479. The fourth-order valence-corrected chi connectivity index (χ4v) is 4.51. The molecule has 0 aromatic heterocycles. The first-order valence-electron chi connectivity index (χ1n) is 12.0. The van der Waals surface area contributed by atoms with E-state index in [9.17, 15) is 24.6 Å². The molecule has 0 saturated heterocycles. The van der Waals surface area contributed by atoms with Gasteiger partial charge in [0.15, 0.2) is 10.5 Å². The zero-order valence-electron chi connectivity index (χ0n) is 20.6. The number of unbranched alkanes of at least 4 members (excludes halogenated alkanes) is 1. The number of fused-ring (bicyclic) bond motifs is 2. The van der Waals surface area contributed by atoms with Crippen LogP contribution in [-0.4, -0.2) is 45.0 Å². The molecule has 0 saturated carbocycles. The Morgan fingerprint density at radius 1 is 1.03 bits per heavy atom. The number of phenolic OH excluding ortho intramolecular Hbond substituents is 1. The smallest absolute Gasteiger partial charge is 0.336 e. The second-order valence-electron chi connectivity index (χ2n) is 8.84. The van der Waals surface area contributed by atoms with Gasteiger partial charge in [0.05, 0.1) is 5.56 Å². The topological polar surface area (TPSA) is 187 Å². The minimum absolute atomic E-state index is 0.00938. The molecule has 11 nitrogen and oxygen atoms in total. The first-order valence-corrected chi connectivity index (χ1v) is 12.4. The van der Waals surface area contributed by atoms with Crippen LogP contribution in [0, 0.1) is 0 Å². The van der Waals surface area contributed by atoms with Crippen LogP contribution in [-0.2, 0) is 4.79 Å². The predicted molar refractivity (Wildman–Crippen MR) is 149 cm³/mol. The molecule has 1 unspecified atom stereocenters. The van der Waals surface area contributed by atoms with Crippen molar-refractivity contribution in [3.8, 4) is 28.2 Å². The van der Waals surface area contributed by atoms with Gasteiger partial charge in [0, 0.05) is 40.9 Å². The number of hydrogen-bond donors (Lipinski definition) is 7. The third kappa shape index (κ3) is 6.32. The third-order valence-electron chi connectivity index (χ3n) is 6.16. The first-order chi connectivity index (χ1) is 18.7. The second kappa shape index (κ2) is 11.9. The summed E-state index contributed by atoms with van der Waals surface area (Å²) in [5, 5.41) is 35.8. The van der Waals surface area contributed by atoms with Crippen LogP contribution in [0.5, 0.6) is 5.75 Å². The van der Waals surface area contributed by atoms with Crippen molar-refractivity contribution in [1.29, 1.82) is 0 Å². The molecule has 2 aromatic rings. The van der Waals surface area contributed by atoms with E-state index in [0.717, 1.165) is 0 Å². The Kier molecular flexibility index (Phi) is 8.39. The molecule has 0 radical (unpaired) electrons. The number of carboxylic acid groups (broad SMARTS) is 1. The van der Waals surface area contributed by atoms with Crippen LogP contribution in [0.2, 0.25) is 0 Å². The number of amides is 1. The molecule has 39 heavy (non-hydrogen) atoms. The number of thiocarbonyl (C=S) groups is 1. The van der Waals surface area contributed by atoms with Gasteiger partial charge >= 0.3 is 5.97 Å². The summed E-state index contributed by atoms with van der Waals surface area (Å²) in [6.07, 6.45) is 1.61. The summed E-state index contributed by atoms with van der Waals surface area (Å²) in [5.74, 6) is -1.59. The number of carbonyl (C=O) groups is 2. The van der Waals surface area contributed by atoms with E-state index in [1.165, 1.54) is 30.3 Å². The Morgan fingerprint density at radius 2 is 1.79 bits per heavy atom. The number of primary amides is 1. The van der Waals surface area contributed by atoms with E-state index in [2.05, 4.69) is 10.6 Å². The number of benzene rings is 3. The van der Waals surface area contributed by atoms with Gasteiger partial charge in [-0.3, -0.25) is 9.59 Å². The van der Waals surface area contributed by atoms with E-state index < -0.39 is 17.9 Å². The molecule has 8 N–H and O–H groups in total. The number of aromatic hydroxyl groups is 1. The Labute approximate surface area is 227 Å². The van der Waals surface area contributed by atoms with Crippen molar-refractivity contribution in [2.45, 2.75) is 25.3 Å². The zero-order valence-corrected chi connectivity index (χ0v) is 21.4. The van der Waals surface area contributed by atoms with E-state index in [1.54, 1.807) is 24.3 Å². The Morgan fingerprint density at radius 3 is 2.51 bits per heavy atom. The molecule has 0 fully saturated rings. The fourth-order valence-electron chi connectivity index (χ4n) is 4.29.